The molecule has 0 radical (unpaired) electrons. The normalized spacial score (nSPS) is 19.1. The lowest BCUT2D eigenvalue weighted by Crippen LogP contribution is -2.08. The van der Waals surface area contributed by atoms with Crippen LogP contribution in [0.5, 0.6) is 0 Å². The zero-order valence-electron chi connectivity index (χ0n) is 9.82. The van der Waals surface area contributed by atoms with Crippen molar-refractivity contribution in [1.29, 1.82) is 0 Å². The Kier molecular flexibility index (Phi) is 6.97. The molecule has 1 aliphatic heterocycles. The second-order valence-electron chi connectivity index (χ2n) is 4.13. The first kappa shape index (κ1) is 12.3. The second-order valence-corrected chi connectivity index (χ2v) is 4.13. The molecule has 2 heteroatoms. The highest BCUT2D eigenvalue weighted by atomic mass is 16.5. The molecule has 0 bridgehead atoms. The molecule has 1 atom stereocenters. The molecule has 0 aliphatic carbocycles. The molecule has 0 spiro atoms. The summed E-state index contributed by atoms with van der Waals surface area (Å²) in [5.74, 6) is 0. The molecule has 2 nitrogen and oxygen atoms in total. The van der Waals surface area contributed by atoms with Crippen LogP contribution < -0.4 is 0 Å². The van der Waals surface area contributed by atoms with Crippen LogP contribution in [0.1, 0.15) is 58.3 Å². The first-order valence-corrected chi connectivity index (χ1v) is 6.27. The SMILES string of the molecule is CCCCCCCCCC1N=CC=CO1. The van der Waals surface area contributed by atoms with E-state index < -0.39 is 0 Å². The monoisotopic (exact) mass is 209 g/mol. The van der Waals surface area contributed by atoms with Gasteiger partial charge >= 0.3 is 0 Å². The van der Waals surface area contributed by atoms with Crippen LogP contribution in [0.2, 0.25) is 0 Å². The third-order valence-corrected chi connectivity index (χ3v) is 2.71. The van der Waals surface area contributed by atoms with Crippen LogP contribution in [0, 0.1) is 0 Å². The van der Waals surface area contributed by atoms with Crippen LogP contribution >= 0.6 is 0 Å². The van der Waals surface area contributed by atoms with Gasteiger partial charge in [0.05, 0.1) is 6.26 Å². The van der Waals surface area contributed by atoms with Gasteiger partial charge in [-0.2, -0.15) is 0 Å². The highest BCUT2D eigenvalue weighted by Gasteiger charge is 2.05. The Morgan fingerprint density at radius 2 is 1.80 bits per heavy atom. The van der Waals surface area contributed by atoms with E-state index in [1.165, 1.54) is 44.9 Å². The molecule has 0 saturated heterocycles. The number of ether oxygens (including phenoxy) is 1. The van der Waals surface area contributed by atoms with Gasteiger partial charge in [-0.3, -0.25) is 4.99 Å². The van der Waals surface area contributed by atoms with Crippen molar-refractivity contribution in [3.63, 3.8) is 0 Å². The lowest BCUT2D eigenvalue weighted by Gasteiger charge is -2.13. The third-order valence-electron chi connectivity index (χ3n) is 2.71. The molecule has 0 saturated carbocycles. The highest BCUT2D eigenvalue weighted by molar-refractivity contribution is 5.71. The maximum Gasteiger partial charge on any atom is 0.188 e. The Hall–Kier alpha value is -0.790. The fourth-order valence-corrected chi connectivity index (χ4v) is 1.77. The predicted molar refractivity (Wildman–Crippen MR) is 65.1 cm³/mol. The van der Waals surface area contributed by atoms with Crippen LogP contribution in [-0.4, -0.2) is 12.4 Å². The van der Waals surface area contributed by atoms with E-state index in [1.807, 2.05) is 12.3 Å². The van der Waals surface area contributed by atoms with Crippen molar-refractivity contribution in [1.82, 2.24) is 0 Å². The number of nitrogens with zero attached hydrogens (tertiary/aromatic N) is 1. The fourth-order valence-electron chi connectivity index (χ4n) is 1.77. The summed E-state index contributed by atoms with van der Waals surface area (Å²) in [5.41, 5.74) is 0. The molecule has 0 aromatic heterocycles. The summed E-state index contributed by atoms with van der Waals surface area (Å²) in [6.45, 7) is 2.26. The molecule has 0 aromatic carbocycles. The molecule has 0 amide bonds. The van der Waals surface area contributed by atoms with Crippen molar-refractivity contribution < 1.29 is 4.74 Å². The van der Waals surface area contributed by atoms with Crippen molar-refractivity contribution in [2.75, 3.05) is 0 Å². The van der Waals surface area contributed by atoms with Crippen molar-refractivity contribution >= 4 is 6.21 Å². The summed E-state index contributed by atoms with van der Waals surface area (Å²) in [6, 6.07) is 0. The topological polar surface area (TPSA) is 21.6 Å². The second kappa shape index (κ2) is 8.51. The van der Waals surface area contributed by atoms with Gasteiger partial charge in [0.15, 0.2) is 6.23 Å². The number of allylic oxidation sites excluding steroid dienone is 1. The molecular weight excluding hydrogens is 186 g/mol. The van der Waals surface area contributed by atoms with E-state index in [0.717, 1.165) is 6.42 Å². The summed E-state index contributed by atoms with van der Waals surface area (Å²) in [7, 11) is 0. The van der Waals surface area contributed by atoms with Crippen molar-refractivity contribution in [2.45, 2.75) is 64.5 Å². The maximum absolute atomic E-state index is 5.34. The Morgan fingerprint density at radius 3 is 2.47 bits per heavy atom. The number of hydrogen-bond donors (Lipinski definition) is 0. The average molecular weight is 209 g/mol. The van der Waals surface area contributed by atoms with Gasteiger partial charge in [-0.05, 0) is 12.5 Å². The molecule has 1 heterocycles. The molecular formula is C13H23NO. The minimum atomic E-state index is 0.0886. The maximum atomic E-state index is 5.34. The van der Waals surface area contributed by atoms with Crippen LogP contribution in [0.25, 0.3) is 0 Å². The number of hydrogen-bond acceptors (Lipinski definition) is 2. The van der Waals surface area contributed by atoms with E-state index in [4.69, 9.17) is 4.74 Å². The van der Waals surface area contributed by atoms with Gasteiger partial charge in [0.25, 0.3) is 0 Å². The fraction of sp³-hybridized carbons (Fsp3) is 0.769. The van der Waals surface area contributed by atoms with Gasteiger partial charge in [-0.15, -0.1) is 0 Å². The summed E-state index contributed by atoms with van der Waals surface area (Å²) in [6.07, 6.45) is 16.0. The van der Waals surface area contributed by atoms with Gasteiger partial charge in [0, 0.05) is 12.6 Å². The predicted octanol–water partition coefficient (Wildman–Crippen LogP) is 4.07. The van der Waals surface area contributed by atoms with Crippen molar-refractivity contribution in [3.8, 4) is 0 Å². The van der Waals surface area contributed by atoms with Crippen LogP contribution in [0.15, 0.2) is 17.3 Å². The first-order chi connectivity index (χ1) is 7.43. The van der Waals surface area contributed by atoms with E-state index in [2.05, 4.69) is 11.9 Å². The van der Waals surface area contributed by atoms with E-state index in [0.29, 0.717) is 0 Å². The minimum absolute atomic E-state index is 0.0886. The van der Waals surface area contributed by atoms with Gasteiger partial charge in [-0.1, -0.05) is 45.4 Å². The molecule has 0 aromatic rings. The lowest BCUT2D eigenvalue weighted by molar-refractivity contribution is 0.138. The molecule has 1 aliphatic rings. The molecule has 15 heavy (non-hydrogen) atoms. The van der Waals surface area contributed by atoms with Gasteiger partial charge in [-0.25, -0.2) is 0 Å². The zero-order chi connectivity index (χ0) is 10.8. The van der Waals surface area contributed by atoms with E-state index in [1.54, 1.807) is 6.26 Å². The zero-order valence-corrected chi connectivity index (χ0v) is 9.82. The molecule has 1 rings (SSSR count). The molecule has 0 fully saturated rings. The highest BCUT2D eigenvalue weighted by Crippen LogP contribution is 2.12. The van der Waals surface area contributed by atoms with Crippen LogP contribution in [0.4, 0.5) is 0 Å². The minimum Gasteiger partial charge on any atom is -0.476 e. The van der Waals surface area contributed by atoms with E-state index in [-0.39, 0.29) is 6.23 Å². The van der Waals surface area contributed by atoms with E-state index in [9.17, 15) is 0 Å². The summed E-state index contributed by atoms with van der Waals surface area (Å²) < 4.78 is 5.34. The number of unbranched alkanes of at least 4 members (excludes halogenated alkanes) is 6. The summed E-state index contributed by atoms with van der Waals surface area (Å²) >= 11 is 0. The van der Waals surface area contributed by atoms with Crippen LogP contribution in [0.3, 0.4) is 0 Å². The number of rotatable bonds is 8. The lowest BCUT2D eigenvalue weighted by atomic mass is 10.1. The smallest absolute Gasteiger partial charge is 0.188 e. The van der Waals surface area contributed by atoms with Crippen molar-refractivity contribution in [3.05, 3.63) is 12.3 Å². The average Bonchev–Trinajstić information content (AvgIpc) is 2.29. The quantitative estimate of drug-likeness (QED) is 0.552. The van der Waals surface area contributed by atoms with E-state index >= 15 is 0 Å². The van der Waals surface area contributed by atoms with Crippen molar-refractivity contribution in [2.24, 2.45) is 4.99 Å². The standard InChI is InChI=1S/C13H23NO/c1-2-3-4-5-6-7-8-10-13-14-11-9-12-15-13/h9,11-13H,2-8,10H2,1H3. The Morgan fingerprint density at radius 1 is 1.07 bits per heavy atom. The Labute approximate surface area is 93.4 Å². The Balaban J connectivity index is 1.84. The summed E-state index contributed by atoms with van der Waals surface area (Å²) in [4.78, 5) is 4.24. The molecule has 0 N–H and O–H groups in total. The summed E-state index contributed by atoms with van der Waals surface area (Å²) in [5, 5.41) is 0. The van der Waals surface area contributed by atoms with Gasteiger partial charge in [0.2, 0.25) is 0 Å². The first-order valence-electron chi connectivity index (χ1n) is 6.27. The van der Waals surface area contributed by atoms with Gasteiger partial charge < -0.3 is 4.74 Å². The number of aliphatic imine (C=N–C) groups is 1. The Bertz CT molecular complexity index is 199. The molecule has 1 unspecified atom stereocenters. The largest absolute Gasteiger partial charge is 0.476 e. The third kappa shape index (κ3) is 6.32. The molecule has 86 valence electrons. The van der Waals surface area contributed by atoms with Crippen LogP contribution in [-0.2, 0) is 4.74 Å². The van der Waals surface area contributed by atoms with Gasteiger partial charge in [0.1, 0.15) is 0 Å².